The summed E-state index contributed by atoms with van der Waals surface area (Å²) in [5.41, 5.74) is 2.79. The average molecular weight is 176 g/mol. The summed E-state index contributed by atoms with van der Waals surface area (Å²) in [5.74, 6) is 0.366. The lowest BCUT2D eigenvalue weighted by Crippen LogP contribution is -2.19. The molecule has 2 atom stereocenters. The number of aliphatic hydroxyl groups excluding tert-OH is 1. The Hall–Kier alpha value is -0.820. The molecule has 0 aromatic heterocycles. The van der Waals surface area contributed by atoms with Crippen LogP contribution in [-0.4, -0.2) is 11.2 Å². The van der Waals surface area contributed by atoms with Gasteiger partial charge in [0.15, 0.2) is 0 Å². The van der Waals surface area contributed by atoms with Crippen molar-refractivity contribution in [2.24, 2.45) is 0 Å². The lowest BCUT2D eigenvalue weighted by Gasteiger charge is -2.27. The van der Waals surface area contributed by atoms with Gasteiger partial charge in [-0.15, -0.1) is 0 Å². The molecule has 0 saturated heterocycles. The highest BCUT2D eigenvalue weighted by molar-refractivity contribution is 5.33. The van der Waals surface area contributed by atoms with E-state index in [1.54, 1.807) is 0 Å². The fourth-order valence-corrected chi connectivity index (χ4v) is 2.29. The van der Waals surface area contributed by atoms with Gasteiger partial charge in [0.05, 0.1) is 6.10 Å². The van der Waals surface area contributed by atoms with E-state index in [2.05, 4.69) is 24.3 Å². The third-order valence-corrected chi connectivity index (χ3v) is 3.00. The van der Waals surface area contributed by atoms with E-state index in [1.165, 1.54) is 24.0 Å². The quantitative estimate of drug-likeness (QED) is 0.697. The van der Waals surface area contributed by atoms with Crippen LogP contribution in [0.25, 0.3) is 0 Å². The molecule has 1 unspecified atom stereocenters. The molecule has 1 aromatic rings. The number of aliphatic hydroxyl groups is 1. The predicted octanol–water partition coefficient (Wildman–Crippen LogP) is 2.49. The van der Waals surface area contributed by atoms with Gasteiger partial charge in [-0.3, -0.25) is 0 Å². The van der Waals surface area contributed by atoms with E-state index in [9.17, 15) is 5.11 Å². The topological polar surface area (TPSA) is 20.2 Å². The molecular formula is C12H16O. The van der Waals surface area contributed by atoms with Crippen molar-refractivity contribution in [2.45, 2.75) is 38.2 Å². The van der Waals surface area contributed by atoms with Gasteiger partial charge in [0.1, 0.15) is 0 Å². The number of hydrogen-bond acceptors (Lipinski definition) is 1. The molecule has 70 valence electrons. The van der Waals surface area contributed by atoms with Gasteiger partial charge in [0.2, 0.25) is 0 Å². The molecule has 0 bridgehead atoms. The fourth-order valence-electron chi connectivity index (χ4n) is 2.29. The Morgan fingerprint density at radius 2 is 2.15 bits per heavy atom. The normalized spacial score (nSPS) is 23.7. The molecule has 2 rings (SSSR count). The van der Waals surface area contributed by atoms with Crippen molar-refractivity contribution >= 4 is 0 Å². The van der Waals surface area contributed by atoms with Gasteiger partial charge in [-0.05, 0) is 37.3 Å². The Kier molecular flexibility index (Phi) is 2.36. The minimum Gasteiger partial charge on any atom is -0.393 e. The maximum absolute atomic E-state index is 9.62. The van der Waals surface area contributed by atoms with Gasteiger partial charge in [-0.1, -0.05) is 24.3 Å². The second-order valence-corrected chi connectivity index (χ2v) is 3.94. The molecule has 1 aliphatic carbocycles. The summed E-state index contributed by atoms with van der Waals surface area (Å²) in [6.07, 6.45) is 3.32. The van der Waals surface area contributed by atoms with E-state index in [4.69, 9.17) is 0 Å². The summed E-state index contributed by atoms with van der Waals surface area (Å²) in [5, 5.41) is 9.62. The van der Waals surface area contributed by atoms with Crippen molar-refractivity contribution in [3.63, 3.8) is 0 Å². The molecule has 1 heteroatoms. The van der Waals surface area contributed by atoms with Crippen molar-refractivity contribution in [1.82, 2.24) is 0 Å². The Morgan fingerprint density at radius 1 is 1.38 bits per heavy atom. The molecule has 0 spiro atoms. The molecule has 0 fully saturated rings. The molecule has 13 heavy (non-hydrogen) atoms. The number of benzene rings is 1. The van der Waals surface area contributed by atoms with Crippen LogP contribution in [0.2, 0.25) is 0 Å². The summed E-state index contributed by atoms with van der Waals surface area (Å²) < 4.78 is 0. The van der Waals surface area contributed by atoms with Crippen LogP contribution >= 0.6 is 0 Å². The minimum absolute atomic E-state index is 0.207. The molecule has 0 radical (unpaired) electrons. The first-order valence-corrected chi connectivity index (χ1v) is 5.05. The van der Waals surface area contributed by atoms with E-state index >= 15 is 0 Å². The van der Waals surface area contributed by atoms with Crippen molar-refractivity contribution in [3.05, 3.63) is 35.4 Å². The maximum Gasteiger partial charge on any atom is 0.0580 e. The highest BCUT2D eigenvalue weighted by Crippen LogP contribution is 2.33. The Bertz CT molecular complexity index is 291. The molecule has 0 amide bonds. The van der Waals surface area contributed by atoms with Gasteiger partial charge in [0.25, 0.3) is 0 Å². The summed E-state index contributed by atoms with van der Waals surface area (Å²) in [7, 11) is 0. The monoisotopic (exact) mass is 176 g/mol. The zero-order valence-corrected chi connectivity index (χ0v) is 8.03. The van der Waals surface area contributed by atoms with Crippen LogP contribution in [0.3, 0.4) is 0 Å². The van der Waals surface area contributed by atoms with Crippen molar-refractivity contribution in [2.75, 3.05) is 0 Å². The number of hydrogen-bond donors (Lipinski definition) is 1. The van der Waals surface area contributed by atoms with Crippen LogP contribution in [0.1, 0.15) is 36.8 Å². The smallest absolute Gasteiger partial charge is 0.0580 e. The van der Waals surface area contributed by atoms with Crippen molar-refractivity contribution in [1.29, 1.82) is 0 Å². The zero-order valence-electron chi connectivity index (χ0n) is 8.03. The Balaban J connectivity index is 2.37. The van der Waals surface area contributed by atoms with E-state index in [-0.39, 0.29) is 6.10 Å². The fraction of sp³-hybridized carbons (Fsp3) is 0.500. The Morgan fingerprint density at radius 3 is 2.92 bits per heavy atom. The summed E-state index contributed by atoms with van der Waals surface area (Å²) >= 11 is 0. The van der Waals surface area contributed by atoms with E-state index in [0.717, 1.165) is 6.42 Å². The number of rotatable bonds is 1. The second-order valence-electron chi connectivity index (χ2n) is 3.94. The second kappa shape index (κ2) is 3.51. The largest absolute Gasteiger partial charge is 0.393 e. The SMILES string of the molecule is C[C@H](O)C1CCCc2ccccc21. The van der Waals surface area contributed by atoms with E-state index in [0.29, 0.717) is 5.92 Å². The minimum atomic E-state index is -0.207. The molecule has 1 aromatic carbocycles. The Labute approximate surface area is 79.4 Å². The van der Waals surface area contributed by atoms with Crippen LogP contribution in [-0.2, 0) is 6.42 Å². The maximum atomic E-state index is 9.62. The lowest BCUT2D eigenvalue weighted by atomic mass is 9.80. The average Bonchev–Trinajstić information content (AvgIpc) is 2.17. The van der Waals surface area contributed by atoms with Gasteiger partial charge >= 0.3 is 0 Å². The summed E-state index contributed by atoms with van der Waals surface area (Å²) in [6, 6.07) is 8.50. The van der Waals surface area contributed by atoms with E-state index < -0.39 is 0 Å². The predicted molar refractivity (Wildman–Crippen MR) is 53.8 cm³/mol. The van der Waals surface area contributed by atoms with Crippen LogP contribution in [0, 0.1) is 0 Å². The standard InChI is InChI=1S/C12H16O/c1-9(13)11-8-4-6-10-5-2-3-7-12(10)11/h2-3,5,7,9,11,13H,4,6,8H2,1H3/t9-,11?/m0/s1. The third-order valence-electron chi connectivity index (χ3n) is 3.00. The molecule has 1 nitrogen and oxygen atoms in total. The molecule has 0 aliphatic heterocycles. The molecule has 1 aliphatic rings. The number of aryl methyl sites for hydroxylation is 1. The third kappa shape index (κ3) is 1.61. The number of fused-ring (bicyclic) bond motifs is 1. The molecular weight excluding hydrogens is 160 g/mol. The van der Waals surface area contributed by atoms with Gasteiger partial charge in [-0.25, -0.2) is 0 Å². The first-order chi connectivity index (χ1) is 6.29. The summed E-state index contributed by atoms with van der Waals surface area (Å²) in [4.78, 5) is 0. The first-order valence-electron chi connectivity index (χ1n) is 5.05. The molecule has 0 saturated carbocycles. The van der Waals surface area contributed by atoms with Crippen LogP contribution in [0.15, 0.2) is 24.3 Å². The zero-order chi connectivity index (χ0) is 9.26. The van der Waals surface area contributed by atoms with Crippen LogP contribution in [0.4, 0.5) is 0 Å². The van der Waals surface area contributed by atoms with Gasteiger partial charge in [0, 0.05) is 5.92 Å². The van der Waals surface area contributed by atoms with Crippen LogP contribution < -0.4 is 0 Å². The van der Waals surface area contributed by atoms with Crippen molar-refractivity contribution in [3.8, 4) is 0 Å². The lowest BCUT2D eigenvalue weighted by molar-refractivity contribution is 0.153. The highest BCUT2D eigenvalue weighted by atomic mass is 16.3. The molecule has 0 heterocycles. The summed E-state index contributed by atoms with van der Waals surface area (Å²) in [6.45, 7) is 1.90. The molecule has 1 N–H and O–H groups in total. The van der Waals surface area contributed by atoms with Gasteiger partial charge in [-0.2, -0.15) is 0 Å². The highest BCUT2D eigenvalue weighted by Gasteiger charge is 2.22. The first kappa shape index (κ1) is 8.76. The van der Waals surface area contributed by atoms with Crippen LogP contribution in [0.5, 0.6) is 0 Å². The van der Waals surface area contributed by atoms with Crippen molar-refractivity contribution < 1.29 is 5.11 Å². The van der Waals surface area contributed by atoms with E-state index in [1.807, 2.05) is 6.92 Å². The van der Waals surface area contributed by atoms with Gasteiger partial charge < -0.3 is 5.11 Å².